The lowest BCUT2D eigenvalue weighted by molar-refractivity contribution is -0.139. The number of aliphatic carboxylic acids is 1. The zero-order valence-electron chi connectivity index (χ0n) is 15.9. The predicted octanol–water partition coefficient (Wildman–Crippen LogP) is 1.36. The molecule has 0 radical (unpaired) electrons. The van der Waals surface area contributed by atoms with E-state index in [-0.39, 0.29) is 36.0 Å². The highest BCUT2D eigenvalue weighted by atomic mass is 16.4. The van der Waals surface area contributed by atoms with Crippen molar-refractivity contribution in [3.05, 3.63) is 0 Å². The van der Waals surface area contributed by atoms with E-state index in [0.29, 0.717) is 19.6 Å². The van der Waals surface area contributed by atoms with E-state index in [4.69, 9.17) is 5.11 Å². The molecule has 2 rings (SSSR count). The Hall–Kier alpha value is -1.34. The maximum absolute atomic E-state index is 12.4. The van der Waals surface area contributed by atoms with Gasteiger partial charge in [-0.2, -0.15) is 0 Å². The lowest BCUT2D eigenvalue weighted by Crippen LogP contribution is -2.59. The summed E-state index contributed by atoms with van der Waals surface area (Å²) in [6.45, 7) is 10.1. The third-order valence-electron chi connectivity index (χ3n) is 5.68. The number of carbonyl (C=O) groups excluding carboxylic acids is 1. The van der Waals surface area contributed by atoms with Crippen LogP contribution in [-0.2, 0) is 4.79 Å². The van der Waals surface area contributed by atoms with Gasteiger partial charge in [0.2, 0.25) is 0 Å². The number of hydrogen-bond acceptors (Lipinski definition) is 4. The van der Waals surface area contributed by atoms with Gasteiger partial charge in [0.05, 0.1) is 12.6 Å². The Balaban J connectivity index is 1.76. The molecule has 2 fully saturated rings. The van der Waals surface area contributed by atoms with Crippen LogP contribution in [0.1, 0.15) is 47.0 Å². The minimum atomic E-state index is -0.815. The van der Waals surface area contributed by atoms with E-state index in [0.717, 1.165) is 19.3 Å². The van der Waals surface area contributed by atoms with Crippen LogP contribution in [0.3, 0.4) is 0 Å². The quantitative estimate of drug-likeness (QED) is 0.692. The number of carbonyl (C=O) groups is 2. The normalized spacial score (nSPS) is 30.1. The molecular formula is C18H33N3O4. The molecule has 1 heterocycles. The second-order valence-corrected chi connectivity index (χ2v) is 8.50. The highest BCUT2D eigenvalue weighted by Gasteiger charge is 2.39. The van der Waals surface area contributed by atoms with Crippen LogP contribution in [0, 0.1) is 11.3 Å². The maximum atomic E-state index is 12.4. The first kappa shape index (κ1) is 20.0. The van der Waals surface area contributed by atoms with Crippen LogP contribution in [0.2, 0.25) is 0 Å². The lowest BCUT2D eigenvalue weighted by Gasteiger charge is -2.45. The molecule has 7 nitrogen and oxygen atoms in total. The van der Waals surface area contributed by atoms with Crippen LogP contribution in [0.25, 0.3) is 0 Å². The van der Waals surface area contributed by atoms with Crippen molar-refractivity contribution >= 4 is 12.0 Å². The summed E-state index contributed by atoms with van der Waals surface area (Å²) in [5.74, 6) is -0.608. The van der Waals surface area contributed by atoms with Gasteiger partial charge in [-0.25, -0.2) is 4.79 Å². The number of urea groups is 1. The van der Waals surface area contributed by atoms with Gasteiger partial charge in [-0.15, -0.1) is 0 Å². The molecule has 1 saturated carbocycles. The van der Waals surface area contributed by atoms with Crippen molar-refractivity contribution in [2.75, 3.05) is 26.2 Å². The molecule has 3 N–H and O–H groups in total. The Bertz CT molecular complexity index is 485. The predicted molar refractivity (Wildman–Crippen MR) is 95.4 cm³/mol. The number of β-amino-alcohol motifs (C(OH)–C–C–N with tert-alkyl or cyclic N) is 1. The summed E-state index contributed by atoms with van der Waals surface area (Å²) >= 11 is 0. The third kappa shape index (κ3) is 5.07. The fourth-order valence-corrected chi connectivity index (χ4v) is 4.07. The monoisotopic (exact) mass is 355 g/mol. The van der Waals surface area contributed by atoms with Gasteiger partial charge in [0.25, 0.3) is 0 Å². The van der Waals surface area contributed by atoms with Gasteiger partial charge in [-0.1, -0.05) is 27.7 Å². The van der Waals surface area contributed by atoms with Crippen molar-refractivity contribution in [2.45, 2.75) is 65.1 Å². The van der Waals surface area contributed by atoms with Crippen LogP contribution < -0.4 is 5.32 Å². The van der Waals surface area contributed by atoms with Crippen molar-refractivity contribution in [2.24, 2.45) is 11.3 Å². The number of carboxylic acids is 1. The summed E-state index contributed by atoms with van der Waals surface area (Å²) in [5.41, 5.74) is 0.0386. The molecular weight excluding hydrogens is 322 g/mol. The number of aliphatic hydroxyl groups excluding tert-OH is 1. The fourth-order valence-electron chi connectivity index (χ4n) is 4.07. The van der Waals surface area contributed by atoms with Gasteiger partial charge < -0.3 is 20.4 Å². The van der Waals surface area contributed by atoms with Gasteiger partial charge in [-0.3, -0.25) is 9.69 Å². The van der Waals surface area contributed by atoms with Crippen LogP contribution >= 0.6 is 0 Å². The summed E-state index contributed by atoms with van der Waals surface area (Å²) in [7, 11) is 0. The van der Waals surface area contributed by atoms with Gasteiger partial charge in [0.1, 0.15) is 0 Å². The smallest absolute Gasteiger partial charge is 0.317 e. The summed E-state index contributed by atoms with van der Waals surface area (Å²) in [5, 5.41) is 22.3. The van der Waals surface area contributed by atoms with Gasteiger partial charge in [-0.05, 0) is 37.1 Å². The molecule has 7 heteroatoms. The Kier molecular flexibility index (Phi) is 6.32. The topological polar surface area (TPSA) is 93.1 Å². The Morgan fingerprint density at radius 1 is 1.28 bits per heavy atom. The van der Waals surface area contributed by atoms with E-state index in [1.165, 1.54) is 0 Å². The molecule has 1 saturated heterocycles. The Morgan fingerprint density at radius 2 is 1.92 bits per heavy atom. The number of carboxylic acid groups (broad SMARTS) is 1. The van der Waals surface area contributed by atoms with E-state index < -0.39 is 12.1 Å². The maximum Gasteiger partial charge on any atom is 0.317 e. The number of hydrogen-bond donors (Lipinski definition) is 3. The number of nitrogens with zero attached hydrogens (tertiary/aromatic N) is 2. The SMILES string of the molecule is CCN(CC(=O)O)C1CC(NC(=O)N2CCC(C(C)(C)C)C(O)C2)C1. The first-order valence-electron chi connectivity index (χ1n) is 9.31. The van der Waals surface area contributed by atoms with Crippen molar-refractivity contribution in [1.82, 2.24) is 15.1 Å². The van der Waals surface area contributed by atoms with Gasteiger partial charge in [0.15, 0.2) is 0 Å². The minimum Gasteiger partial charge on any atom is -0.480 e. The van der Waals surface area contributed by atoms with Crippen molar-refractivity contribution in [3.8, 4) is 0 Å². The molecule has 0 aromatic rings. The highest BCUT2D eigenvalue weighted by Crippen LogP contribution is 2.34. The summed E-state index contributed by atoms with van der Waals surface area (Å²) in [6, 6.07) is 0.206. The van der Waals surface area contributed by atoms with Gasteiger partial charge >= 0.3 is 12.0 Å². The second-order valence-electron chi connectivity index (χ2n) is 8.50. The molecule has 2 unspecified atom stereocenters. The molecule has 1 aliphatic heterocycles. The molecule has 1 aliphatic carbocycles. The number of likely N-dealkylation sites (tertiary alicyclic amines) is 1. The number of rotatable bonds is 5. The first-order valence-corrected chi connectivity index (χ1v) is 9.31. The summed E-state index contributed by atoms with van der Waals surface area (Å²) in [4.78, 5) is 26.9. The molecule has 2 atom stereocenters. The van der Waals surface area contributed by atoms with E-state index in [1.807, 2.05) is 11.8 Å². The largest absolute Gasteiger partial charge is 0.480 e. The molecule has 2 aliphatic rings. The Morgan fingerprint density at radius 3 is 2.40 bits per heavy atom. The standard InChI is InChI=1S/C18H33N3O4/c1-5-20(11-16(23)24)13-8-12(9-13)19-17(25)21-7-6-14(15(22)10-21)18(2,3)4/h12-15,22H,5-11H2,1-4H3,(H,19,25)(H,23,24). The van der Waals surface area contributed by atoms with Crippen molar-refractivity contribution in [3.63, 3.8) is 0 Å². The molecule has 0 aromatic carbocycles. The second kappa shape index (κ2) is 7.91. The zero-order chi connectivity index (χ0) is 18.8. The number of piperidine rings is 1. The molecule has 0 aromatic heterocycles. The fraction of sp³-hybridized carbons (Fsp3) is 0.889. The van der Waals surface area contributed by atoms with E-state index in [2.05, 4.69) is 26.1 Å². The molecule has 0 spiro atoms. The number of amides is 2. The van der Waals surface area contributed by atoms with E-state index in [9.17, 15) is 14.7 Å². The summed E-state index contributed by atoms with van der Waals surface area (Å²) in [6.07, 6.45) is 1.90. The Labute approximate surface area is 150 Å². The van der Waals surface area contributed by atoms with Crippen LogP contribution in [0.5, 0.6) is 0 Å². The minimum absolute atomic E-state index is 0.0386. The lowest BCUT2D eigenvalue weighted by atomic mass is 9.74. The van der Waals surface area contributed by atoms with Crippen LogP contribution in [0.15, 0.2) is 0 Å². The van der Waals surface area contributed by atoms with Gasteiger partial charge in [0, 0.05) is 25.2 Å². The van der Waals surface area contributed by atoms with Crippen LogP contribution in [0.4, 0.5) is 4.79 Å². The average molecular weight is 355 g/mol. The third-order valence-corrected chi connectivity index (χ3v) is 5.68. The summed E-state index contributed by atoms with van der Waals surface area (Å²) < 4.78 is 0. The molecule has 144 valence electrons. The number of nitrogens with one attached hydrogen (secondary N) is 1. The molecule has 25 heavy (non-hydrogen) atoms. The van der Waals surface area contributed by atoms with E-state index >= 15 is 0 Å². The van der Waals surface area contributed by atoms with Crippen molar-refractivity contribution in [1.29, 1.82) is 0 Å². The molecule has 2 amide bonds. The van der Waals surface area contributed by atoms with E-state index in [1.54, 1.807) is 4.90 Å². The zero-order valence-corrected chi connectivity index (χ0v) is 15.9. The highest BCUT2D eigenvalue weighted by molar-refractivity contribution is 5.75. The number of aliphatic hydroxyl groups is 1. The molecule has 0 bridgehead atoms. The van der Waals surface area contributed by atoms with Crippen LogP contribution in [-0.4, -0.2) is 76.4 Å². The number of likely N-dealkylation sites (N-methyl/N-ethyl adjacent to an activating group) is 1. The first-order chi connectivity index (χ1) is 11.6. The average Bonchev–Trinajstić information content (AvgIpc) is 2.46. The van der Waals surface area contributed by atoms with Crippen molar-refractivity contribution < 1.29 is 19.8 Å².